The maximum Gasteiger partial charge on any atom is 0.271 e. The van der Waals surface area contributed by atoms with Gasteiger partial charge in [0.1, 0.15) is 21.4 Å². The van der Waals surface area contributed by atoms with Gasteiger partial charge in [0.15, 0.2) is 0 Å². The predicted molar refractivity (Wildman–Crippen MR) is 118 cm³/mol. The van der Waals surface area contributed by atoms with Crippen LogP contribution in [-0.4, -0.2) is 33.2 Å². The Hall–Kier alpha value is -2.72. The average molecular weight is 445 g/mol. The van der Waals surface area contributed by atoms with E-state index in [0.717, 1.165) is 34.5 Å². The first-order valence-electron chi connectivity index (χ1n) is 9.46. The highest BCUT2D eigenvalue weighted by atomic mass is 32.2. The standard InChI is InChI=1S/C20H20N4O4S2/c1-10(18(25)23-14-9-12(24(26)27)7-8-15(14)28-3)29-19-17-13-5-4-6-16(13)30-20(17)22-11(2)21-19/h7-10H,4-6H2,1-3H3,(H,23,25). The molecule has 1 aliphatic rings. The maximum absolute atomic E-state index is 12.9. The number of thioether (sulfide) groups is 1. The zero-order chi connectivity index (χ0) is 21.4. The Labute approximate surface area is 181 Å². The summed E-state index contributed by atoms with van der Waals surface area (Å²) in [6, 6.07) is 4.11. The highest BCUT2D eigenvalue weighted by Crippen LogP contribution is 2.41. The first-order valence-corrected chi connectivity index (χ1v) is 11.2. The van der Waals surface area contributed by atoms with E-state index in [0.29, 0.717) is 11.6 Å². The van der Waals surface area contributed by atoms with Crippen molar-refractivity contribution in [1.29, 1.82) is 0 Å². The van der Waals surface area contributed by atoms with Gasteiger partial charge in [0.2, 0.25) is 5.91 Å². The summed E-state index contributed by atoms with van der Waals surface area (Å²) in [5, 5.41) is 15.2. The van der Waals surface area contributed by atoms with Crippen LogP contribution in [0.3, 0.4) is 0 Å². The lowest BCUT2D eigenvalue weighted by Crippen LogP contribution is -2.23. The van der Waals surface area contributed by atoms with Crippen LogP contribution in [0.2, 0.25) is 0 Å². The molecular formula is C20H20N4O4S2. The molecule has 1 aliphatic carbocycles. The van der Waals surface area contributed by atoms with Crippen molar-refractivity contribution in [2.24, 2.45) is 0 Å². The van der Waals surface area contributed by atoms with Crippen LogP contribution in [0, 0.1) is 17.0 Å². The Morgan fingerprint density at radius 2 is 2.17 bits per heavy atom. The Bertz CT molecular complexity index is 1160. The molecule has 4 rings (SSSR count). The fourth-order valence-corrected chi connectivity index (χ4v) is 5.91. The van der Waals surface area contributed by atoms with Crippen LogP contribution in [0.15, 0.2) is 23.2 Å². The second-order valence-corrected chi connectivity index (χ2v) is 9.42. The number of ether oxygens (including phenoxy) is 1. The number of anilines is 1. The number of hydrogen-bond acceptors (Lipinski definition) is 8. The Morgan fingerprint density at radius 1 is 1.37 bits per heavy atom. The van der Waals surface area contributed by atoms with E-state index in [2.05, 4.69) is 15.3 Å². The zero-order valence-corrected chi connectivity index (χ0v) is 18.4. The minimum Gasteiger partial charge on any atom is -0.495 e. The van der Waals surface area contributed by atoms with Crippen molar-refractivity contribution in [1.82, 2.24) is 9.97 Å². The number of amides is 1. The van der Waals surface area contributed by atoms with E-state index in [1.807, 2.05) is 6.92 Å². The van der Waals surface area contributed by atoms with Gasteiger partial charge in [-0.05, 0) is 44.7 Å². The van der Waals surface area contributed by atoms with Crippen molar-refractivity contribution in [3.8, 4) is 5.75 Å². The summed E-state index contributed by atoms with van der Waals surface area (Å²) in [6.07, 6.45) is 3.22. The SMILES string of the molecule is COc1ccc([N+](=O)[O-])cc1NC(=O)C(C)Sc1nc(C)nc2sc3c(c12)CCC3. The van der Waals surface area contributed by atoms with Gasteiger partial charge in [-0.25, -0.2) is 9.97 Å². The van der Waals surface area contributed by atoms with Gasteiger partial charge in [-0.2, -0.15) is 0 Å². The molecule has 0 bridgehead atoms. The molecule has 1 atom stereocenters. The molecule has 1 N–H and O–H groups in total. The predicted octanol–water partition coefficient (Wildman–Crippen LogP) is 4.52. The van der Waals surface area contributed by atoms with E-state index in [1.165, 1.54) is 47.5 Å². The lowest BCUT2D eigenvalue weighted by atomic mass is 10.2. The summed E-state index contributed by atoms with van der Waals surface area (Å²) in [7, 11) is 1.45. The van der Waals surface area contributed by atoms with Gasteiger partial charge in [-0.15, -0.1) is 11.3 Å². The van der Waals surface area contributed by atoms with Crippen molar-refractivity contribution in [2.75, 3.05) is 12.4 Å². The zero-order valence-electron chi connectivity index (χ0n) is 16.7. The average Bonchev–Trinajstić information content (AvgIpc) is 3.28. The van der Waals surface area contributed by atoms with Crippen LogP contribution >= 0.6 is 23.1 Å². The summed E-state index contributed by atoms with van der Waals surface area (Å²) in [5.41, 5.74) is 1.46. The molecule has 0 saturated heterocycles. The van der Waals surface area contributed by atoms with E-state index in [-0.39, 0.29) is 17.3 Å². The van der Waals surface area contributed by atoms with E-state index in [9.17, 15) is 14.9 Å². The second kappa shape index (κ2) is 8.19. The summed E-state index contributed by atoms with van der Waals surface area (Å²) in [4.78, 5) is 35.0. The monoisotopic (exact) mass is 444 g/mol. The van der Waals surface area contributed by atoms with Crippen LogP contribution in [0.25, 0.3) is 10.2 Å². The Kier molecular flexibility index (Phi) is 5.61. The molecule has 0 aliphatic heterocycles. The number of carbonyl (C=O) groups is 1. The van der Waals surface area contributed by atoms with Crippen LogP contribution in [-0.2, 0) is 17.6 Å². The molecule has 156 valence electrons. The van der Waals surface area contributed by atoms with Gasteiger partial charge >= 0.3 is 0 Å². The molecule has 0 spiro atoms. The lowest BCUT2D eigenvalue weighted by Gasteiger charge is -2.14. The normalized spacial score (nSPS) is 13.8. The number of rotatable bonds is 6. The third-order valence-electron chi connectivity index (χ3n) is 4.95. The first kappa shape index (κ1) is 20.5. The minimum atomic E-state index is -0.509. The number of hydrogen-bond donors (Lipinski definition) is 1. The maximum atomic E-state index is 12.9. The lowest BCUT2D eigenvalue weighted by molar-refractivity contribution is -0.384. The molecule has 2 heterocycles. The number of aryl methyl sites for hydroxylation is 3. The molecule has 1 unspecified atom stereocenters. The van der Waals surface area contributed by atoms with Gasteiger partial charge < -0.3 is 10.1 Å². The summed E-state index contributed by atoms with van der Waals surface area (Å²) >= 11 is 3.09. The van der Waals surface area contributed by atoms with E-state index in [1.54, 1.807) is 18.3 Å². The molecule has 30 heavy (non-hydrogen) atoms. The number of aromatic nitrogens is 2. The van der Waals surface area contributed by atoms with Crippen molar-refractivity contribution < 1.29 is 14.5 Å². The summed E-state index contributed by atoms with van der Waals surface area (Å²) in [6.45, 7) is 3.65. The molecule has 8 nitrogen and oxygen atoms in total. The molecule has 0 radical (unpaired) electrons. The number of thiophene rings is 1. The first-order chi connectivity index (χ1) is 14.4. The third kappa shape index (κ3) is 3.84. The number of non-ortho nitro benzene ring substituents is 1. The molecule has 3 aromatic rings. The number of benzene rings is 1. The number of nitro benzene ring substituents is 1. The molecule has 0 fully saturated rings. The number of nitrogens with one attached hydrogen (secondary N) is 1. The van der Waals surface area contributed by atoms with Gasteiger partial charge in [0, 0.05) is 22.4 Å². The smallest absolute Gasteiger partial charge is 0.271 e. The third-order valence-corrected chi connectivity index (χ3v) is 7.22. The fourth-order valence-electron chi connectivity index (χ4n) is 3.51. The van der Waals surface area contributed by atoms with Gasteiger partial charge in [-0.3, -0.25) is 14.9 Å². The highest BCUT2D eigenvalue weighted by Gasteiger charge is 2.25. The highest BCUT2D eigenvalue weighted by molar-refractivity contribution is 8.00. The number of fused-ring (bicyclic) bond motifs is 3. The topological polar surface area (TPSA) is 107 Å². The second-order valence-electron chi connectivity index (χ2n) is 7.00. The summed E-state index contributed by atoms with van der Waals surface area (Å²) < 4.78 is 5.23. The molecular weight excluding hydrogens is 424 g/mol. The molecule has 2 aromatic heterocycles. The molecule has 1 amide bonds. The van der Waals surface area contributed by atoms with Crippen molar-refractivity contribution in [3.63, 3.8) is 0 Å². The number of nitro groups is 1. The number of nitrogens with zero attached hydrogens (tertiary/aromatic N) is 3. The molecule has 0 saturated carbocycles. The van der Waals surface area contributed by atoms with Crippen LogP contribution < -0.4 is 10.1 Å². The van der Waals surface area contributed by atoms with Crippen molar-refractivity contribution >= 4 is 50.6 Å². The van der Waals surface area contributed by atoms with Crippen LogP contribution in [0.1, 0.15) is 29.6 Å². The van der Waals surface area contributed by atoms with E-state index >= 15 is 0 Å². The van der Waals surface area contributed by atoms with Crippen molar-refractivity contribution in [3.05, 3.63) is 44.6 Å². The Morgan fingerprint density at radius 3 is 2.90 bits per heavy atom. The van der Waals surface area contributed by atoms with Gasteiger partial charge in [0.25, 0.3) is 5.69 Å². The molecule has 1 aromatic carbocycles. The van der Waals surface area contributed by atoms with E-state index in [4.69, 9.17) is 4.74 Å². The summed E-state index contributed by atoms with van der Waals surface area (Å²) in [5.74, 6) is 0.759. The van der Waals surface area contributed by atoms with Crippen LogP contribution in [0.4, 0.5) is 11.4 Å². The van der Waals surface area contributed by atoms with Gasteiger partial charge in [0.05, 0.1) is 23.0 Å². The Balaban J connectivity index is 1.59. The van der Waals surface area contributed by atoms with E-state index < -0.39 is 10.2 Å². The molecule has 10 heteroatoms. The van der Waals surface area contributed by atoms with Crippen LogP contribution in [0.5, 0.6) is 5.75 Å². The van der Waals surface area contributed by atoms with Gasteiger partial charge in [-0.1, -0.05) is 11.8 Å². The minimum absolute atomic E-state index is 0.117. The van der Waals surface area contributed by atoms with Crippen molar-refractivity contribution in [2.45, 2.75) is 43.4 Å². The number of methoxy groups -OCH3 is 1. The number of carbonyl (C=O) groups excluding carboxylic acids is 1. The fraction of sp³-hybridized carbons (Fsp3) is 0.350. The largest absolute Gasteiger partial charge is 0.495 e. The quantitative estimate of drug-likeness (QED) is 0.258.